The third-order valence-electron chi connectivity index (χ3n) is 6.09. The molecule has 0 saturated carbocycles. The Kier molecular flexibility index (Phi) is 10.5. The zero-order valence-electron chi connectivity index (χ0n) is 20.6. The van der Waals surface area contributed by atoms with Gasteiger partial charge in [0.15, 0.2) is 12.4 Å². The van der Waals surface area contributed by atoms with Crippen LogP contribution in [0.25, 0.3) is 0 Å². The number of hydrogen-bond acceptors (Lipinski definition) is 8. The number of nitrogens with one attached hydrogen (secondary N) is 1. The van der Waals surface area contributed by atoms with Gasteiger partial charge in [-0.25, -0.2) is 9.36 Å². The molecule has 0 unspecified atom stereocenters. The summed E-state index contributed by atoms with van der Waals surface area (Å²) in [4.78, 5) is 40.5. The molecule has 0 radical (unpaired) electrons. The van der Waals surface area contributed by atoms with Crippen LogP contribution in [-0.4, -0.2) is 68.1 Å². The molecule has 0 aliphatic carbocycles. The molecule has 0 bridgehead atoms. The van der Waals surface area contributed by atoms with Crippen LogP contribution in [0.3, 0.4) is 0 Å². The number of nitrogens with zero attached hydrogens (tertiary/aromatic N) is 2. The first-order valence-electron chi connectivity index (χ1n) is 12.0. The van der Waals surface area contributed by atoms with Gasteiger partial charge in [-0.05, 0) is 29.8 Å². The van der Waals surface area contributed by atoms with Gasteiger partial charge in [0.25, 0.3) is 5.91 Å². The van der Waals surface area contributed by atoms with Gasteiger partial charge < -0.3 is 21.3 Å². The van der Waals surface area contributed by atoms with Crippen LogP contribution in [0.5, 0.6) is 0 Å². The number of aromatic nitrogens is 1. The predicted octanol–water partition coefficient (Wildman–Crippen LogP) is 2.75. The van der Waals surface area contributed by atoms with Gasteiger partial charge in [-0.15, -0.1) is 35.3 Å². The monoisotopic (exact) mass is 629 g/mol. The van der Waals surface area contributed by atoms with Gasteiger partial charge in [-0.1, -0.05) is 23.2 Å². The van der Waals surface area contributed by atoms with Gasteiger partial charge in [0.05, 0.1) is 17.4 Å². The van der Waals surface area contributed by atoms with E-state index in [1.807, 2.05) is 29.1 Å². The Balaban J connectivity index is 1.35. The van der Waals surface area contributed by atoms with Gasteiger partial charge in [-0.2, -0.15) is 0 Å². The van der Waals surface area contributed by atoms with Crippen molar-refractivity contribution in [3.63, 3.8) is 0 Å². The number of carboxylic acid groups (broad SMARTS) is 1. The average Bonchev–Trinajstić information content (AvgIpc) is 2.93. The van der Waals surface area contributed by atoms with Gasteiger partial charge >= 0.3 is 5.97 Å². The van der Waals surface area contributed by atoms with Gasteiger partial charge in [0.1, 0.15) is 23.7 Å². The van der Waals surface area contributed by atoms with Crippen LogP contribution < -0.4 is 15.6 Å². The molecule has 4 rings (SSSR count). The lowest BCUT2D eigenvalue weighted by molar-refractivity contribution is -0.697. The van der Waals surface area contributed by atoms with Gasteiger partial charge in [-0.3, -0.25) is 14.5 Å². The number of carboxylic acids is 1. The number of aryl methyl sites for hydroxylation is 1. The molecule has 1 aromatic heterocycles. The number of carbonyl (C=O) groups is 3. The van der Waals surface area contributed by atoms with Crippen molar-refractivity contribution in [3.05, 3.63) is 63.5 Å². The van der Waals surface area contributed by atoms with Crippen LogP contribution in [0.2, 0.25) is 10.0 Å². The van der Waals surface area contributed by atoms with Crippen LogP contribution >= 0.6 is 58.5 Å². The zero-order valence-corrected chi connectivity index (χ0v) is 24.6. The van der Waals surface area contributed by atoms with Gasteiger partial charge in [0.2, 0.25) is 5.91 Å². The number of β-lactam (4-membered cyclic amide) rings is 1. The topological polar surface area (TPSA) is 137 Å². The first-order valence-corrected chi connectivity index (χ1v) is 15.7. The molecule has 208 valence electrons. The molecule has 2 amide bonds. The molecular weight excluding hydrogens is 603 g/mol. The van der Waals surface area contributed by atoms with Crippen LogP contribution in [-0.2, 0) is 27.5 Å². The fourth-order valence-electron chi connectivity index (χ4n) is 4.09. The molecule has 3 heterocycles. The van der Waals surface area contributed by atoms with Crippen molar-refractivity contribution in [1.29, 1.82) is 0 Å². The van der Waals surface area contributed by atoms with E-state index in [9.17, 15) is 24.6 Å². The van der Waals surface area contributed by atoms with E-state index >= 15 is 0 Å². The van der Waals surface area contributed by atoms with Crippen molar-refractivity contribution in [2.24, 2.45) is 5.73 Å². The minimum atomic E-state index is -1.16. The van der Waals surface area contributed by atoms with E-state index in [0.717, 1.165) is 29.6 Å². The number of hydrogen-bond donors (Lipinski definition) is 4. The van der Waals surface area contributed by atoms with Gasteiger partial charge in [0, 0.05) is 44.9 Å². The van der Waals surface area contributed by atoms with Crippen LogP contribution in [0.1, 0.15) is 12.0 Å². The molecule has 2 aromatic rings. The van der Waals surface area contributed by atoms with Crippen LogP contribution in [0.15, 0.2) is 57.7 Å². The van der Waals surface area contributed by atoms with Crippen molar-refractivity contribution >= 4 is 76.3 Å². The van der Waals surface area contributed by atoms with Crippen molar-refractivity contribution in [2.75, 3.05) is 23.8 Å². The summed E-state index contributed by atoms with van der Waals surface area (Å²) in [7, 11) is 0. The molecule has 2 atom stereocenters. The number of fused-ring (bicyclic) bond motifs is 1. The third kappa shape index (κ3) is 7.05. The summed E-state index contributed by atoms with van der Waals surface area (Å²) in [6.45, 7) is 1.21. The summed E-state index contributed by atoms with van der Waals surface area (Å²) >= 11 is 16.4. The van der Waals surface area contributed by atoms with Crippen molar-refractivity contribution in [1.82, 2.24) is 10.2 Å². The number of amides is 2. The Hall–Kier alpha value is -1.93. The lowest BCUT2D eigenvalue weighted by atomic mass is 10.0. The molecule has 2 aliphatic heterocycles. The second kappa shape index (κ2) is 13.6. The Morgan fingerprint density at radius 3 is 2.62 bits per heavy atom. The second-order valence-corrected chi connectivity index (χ2v) is 12.7. The lowest BCUT2D eigenvalue weighted by Gasteiger charge is -2.49. The lowest BCUT2D eigenvalue weighted by Crippen LogP contribution is -2.70. The number of aliphatic hydroxyl groups excluding tert-OH is 1. The summed E-state index contributed by atoms with van der Waals surface area (Å²) in [5.74, 6) is -1.12. The van der Waals surface area contributed by atoms with Crippen LogP contribution in [0.4, 0.5) is 0 Å². The highest BCUT2D eigenvalue weighted by molar-refractivity contribution is 8.01. The molecule has 1 fully saturated rings. The standard InChI is InChI=1S/C25H26Cl2N4O5S3/c26-17-9-19(18(27)8-14(17)10-32)38-13-20(33)29-21-23(34)31-22(25(35)36)15(12-39-24(21)31)11-37-16-2-6-30(7-3-16)5-1-4-28/h2-3,6-9,21,24,32H,1,4-5,10-13,28H2,(H-,29,33,35,36)/p+1/t21-,24+/m0/s1. The summed E-state index contributed by atoms with van der Waals surface area (Å²) in [6, 6.07) is 6.27. The van der Waals surface area contributed by atoms with E-state index in [2.05, 4.69) is 5.32 Å². The quantitative estimate of drug-likeness (QED) is 0.159. The number of thioether (sulfide) groups is 3. The summed E-state index contributed by atoms with van der Waals surface area (Å²) in [5, 5.41) is 22.2. The zero-order chi connectivity index (χ0) is 28.1. The molecular formula is C25H27Cl2N4O5S3+. The predicted molar refractivity (Wildman–Crippen MR) is 154 cm³/mol. The number of rotatable bonds is 12. The number of aliphatic carboxylic acids is 1. The highest BCUT2D eigenvalue weighted by Gasteiger charge is 2.54. The van der Waals surface area contributed by atoms with E-state index in [1.165, 1.54) is 28.4 Å². The fourth-order valence-corrected chi connectivity index (χ4v) is 7.86. The number of carbonyl (C=O) groups excluding carboxylic acids is 2. The minimum Gasteiger partial charge on any atom is -0.477 e. The minimum absolute atomic E-state index is 0.00420. The van der Waals surface area contributed by atoms with E-state index in [4.69, 9.17) is 28.9 Å². The third-order valence-corrected chi connectivity index (χ3v) is 10.4. The number of pyridine rings is 1. The molecule has 14 heteroatoms. The largest absolute Gasteiger partial charge is 0.477 e. The molecule has 1 saturated heterocycles. The maximum absolute atomic E-state index is 12.9. The second-order valence-electron chi connectivity index (χ2n) is 8.74. The van der Waals surface area contributed by atoms with Crippen LogP contribution in [0, 0.1) is 0 Å². The molecule has 2 aliphatic rings. The maximum Gasteiger partial charge on any atom is 0.352 e. The number of benzene rings is 1. The molecule has 1 aromatic carbocycles. The van der Waals surface area contributed by atoms with E-state index < -0.39 is 23.3 Å². The van der Waals surface area contributed by atoms with E-state index in [1.54, 1.807) is 12.1 Å². The van der Waals surface area contributed by atoms with Crippen molar-refractivity contribution in [2.45, 2.75) is 40.8 Å². The highest BCUT2D eigenvalue weighted by atomic mass is 35.5. The average molecular weight is 631 g/mol. The Morgan fingerprint density at radius 1 is 1.21 bits per heavy atom. The molecule has 39 heavy (non-hydrogen) atoms. The maximum atomic E-state index is 12.9. The Bertz CT molecular complexity index is 1300. The summed E-state index contributed by atoms with van der Waals surface area (Å²) in [5.41, 5.74) is 6.71. The van der Waals surface area contributed by atoms with Crippen molar-refractivity contribution < 1.29 is 29.2 Å². The summed E-state index contributed by atoms with van der Waals surface area (Å²) < 4.78 is 2.04. The molecule has 0 spiro atoms. The molecule has 9 nitrogen and oxygen atoms in total. The number of aliphatic hydroxyl groups is 1. The van der Waals surface area contributed by atoms with E-state index in [0.29, 0.717) is 44.1 Å². The highest BCUT2D eigenvalue weighted by Crippen LogP contribution is 2.41. The Labute approximate surface area is 248 Å². The number of nitrogens with two attached hydrogens (primary N) is 1. The molecule has 5 N–H and O–H groups in total. The summed E-state index contributed by atoms with van der Waals surface area (Å²) in [6.07, 6.45) is 4.82. The first-order chi connectivity index (χ1) is 18.7. The first kappa shape index (κ1) is 30.0. The number of halogens is 2. The normalized spacial score (nSPS) is 18.6. The fraction of sp³-hybridized carbons (Fsp3) is 0.360. The van der Waals surface area contributed by atoms with E-state index in [-0.39, 0.29) is 24.0 Å². The Morgan fingerprint density at radius 2 is 1.95 bits per heavy atom. The van der Waals surface area contributed by atoms with Crippen molar-refractivity contribution in [3.8, 4) is 0 Å². The SMILES string of the molecule is NCCC[n+]1ccc(SCC2=C(C(=O)O)N3C(=O)[C@H](NC(=O)CSc4cc(Cl)c(CO)cc4Cl)[C@H]3SC2)cc1. The smallest absolute Gasteiger partial charge is 0.352 e.